The Hall–Kier alpha value is -4.05. The molecule has 5 N–H and O–H groups in total. The number of hydrogen-bond acceptors (Lipinski definition) is 4. The summed E-state index contributed by atoms with van der Waals surface area (Å²) in [5.74, 6) is 5.31. The molecule has 4 rings (SSSR count). The summed E-state index contributed by atoms with van der Waals surface area (Å²) < 4.78 is 0. The van der Waals surface area contributed by atoms with E-state index in [1.54, 1.807) is 12.1 Å². The van der Waals surface area contributed by atoms with Crippen molar-refractivity contribution >= 4 is 16.8 Å². The standard InChI is InChI=1S/C27H24N2O4/c30-16-20-6-2-1-5-19(20)11-9-18-10-12-26(32)24(13-18)27(33)29-22(17-31)14-21-15-28-25-8-4-3-7-23(21)25/h1-8,10,12-13,15,22,28,30-32H,14,16-17H2,(H,29,33). The Labute approximate surface area is 191 Å². The second-order valence-corrected chi connectivity index (χ2v) is 7.71. The second-order valence-electron chi connectivity index (χ2n) is 7.71. The number of carbonyl (C=O) groups excluding carboxylic acids is 1. The second kappa shape index (κ2) is 10.0. The molecule has 1 atom stereocenters. The van der Waals surface area contributed by atoms with Gasteiger partial charge < -0.3 is 25.6 Å². The first-order valence-corrected chi connectivity index (χ1v) is 10.6. The van der Waals surface area contributed by atoms with Crippen LogP contribution >= 0.6 is 0 Å². The molecule has 0 spiro atoms. The number of aromatic amines is 1. The molecule has 0 aliphatic carbocycles. The third-order valence-electron chi connectivity index (χ3n) is 5.47. The normalized spacial score (nSPS) is 11.6. The molecule has 6 heteroatoms. The van der Waals surface area contributed by atoms with Crippen molar-refractivity contribution in [1.29, 1.82) is 0 Å². The number of aromatic nitrogens is 1. The van der Waals surface area contributed by atoms with Gasteiger partial charge in [-0.15, -0.1) is 0 Å². The summed E-state index contributed by atoms with van der Waals surface area (Å²) in [4.78, 5) is 16.1. The zero-order chi connectivity index (χ0) is 23.2. The van der Waals surface area contributed by atoms with Crippen molar-refractivity contribution in [1.82, 2.24) is 10.3 Å². The summed E-state index contributed by atoms with van der Waals surface area (Å²) in [6.45, 7) is -0.365. The Kier molecular flexibility index (Phi) is 6.75. The van der Waals surface area contributed by atoms with Gasteiger partial charge in [-0.3, -0.25) is 4.79 Å². The van der Waals surface area contributed by atoms with E-state index in [-0.39, 0.29) is 24.5 Å². The summed E-state index contributed by atoms with van der Waals surface area (Å²) in [7, 11) is 0. The first-order valence-electron chi connectivity index (χ1n) is 10.6. The Morgan fingerprint density at radius 2 is 1.76 bits per heavy atom. The van der Waals surface area contributed by atoms with Crippen molar-refractivity contribution in [2.45, 2.75) is 19.1 Å². The Morgan fingerprint density at radius 3 is 2.58 bits per heavy atom. The number of H-pyrrole nitrogens is 1. The van der Waals surface area contributed by atoms with E-state index in [4.69, 9.17) is 0 Å². The summed E-state index contributed by atoms with van der Waals surface area (Å²) >= 11 is 0. The van der Waals surface area contributed by atoms with Crippen molar-refractivity contribution in [3.63, 3.8) is 0 Å². The van der Waals surface area contributed by atoms with Gasteiger partial charge in [0.25, 0.3) is 5.91 Å². The number of aliphatic hydroxyl groups excluding tert-OH is 2. The van der Waals surface area contributed by atoms with E-state index in [0.717, 1.165) is 16.5 Å². The Bertz CT molecular complexity index is 1350. The molecule has 0 saturated carbocycles. The molecule has 0 fully saturated rings. The molecule has 0 saturated heterocycles. The minimum atomic E-state index is -0.526. The topological polar surface area (TPSA) is 106 Å². The van der Waals surface area contributed by atoms with Crippen LogP contribution in [0.2, 0.25) is 0 Å². The maximum atomic E-state index is 12.9. The highest BCUT2D eigenvalue weighted by atomic mass is 16.3. The van der Waals surface area contributed by atoms with Crippen molar-refractivity contribution in [3.8, 4) is 17.6 Å². The van der Waals surface area contributed by atoms with Gasteiger partial charge in [-0.05, 0) is 47.9 Å². The lowest BCUT2D eigenvalue weighted by Crippen LogP contribution is -2.39. The molecule has 166 valence electrons. The van der Waals surface area contributed by atoms with Gasteiger partial charge >= 0.3 is 0 Å². The molecular formula is C27H24N2O4. The number of para-hydroxylation sites is 1. The van der Waals surface area contributed by atoms with E-state index in [0.29, 0.717) is 23.1 Å². The summed E-state index contributed by atoms with van der Waals surface area (Å²) in [6.07, 6.45) is 2.31. The molecule has 1 amide bonds. The first-order chi connectivity index (χ1) is 16.1. The molecular weight excluding hydrogens is 416 g/mol. The van der Waals surface area contributed by atoms with Crippen LogP contribution in [0.1, 0.15) is 32.6 Å². The minimum absolute atomic E-state index is 0.0784. The average Bonchev–Trinajstić information content (AvgIpc) is 3.26. The predicted octanol–water partition coefficient (Wildman–Crippen LogP) is 3.10. The van der Waals surface area contributed by atoms with Gasteiger partial charge in [0.1, 0.15) is 5.75 Å². The fourth-order valence-electron chi connectivity index (χ4n) is 3.71. The molecule has 0 bridgehead atoms. The minimum Gasteiger partial charge on any atom is -0.507 e. The highest BCUT2D eigenvalue weighted by Crippen LogP contribution is 2.21. The lowest BCUT2D eigenvalue weighted by Gasteiger charge is -2.16. The number of benzene rings is 3. The molecule has 1 aromatic heterocycles. The molecule has 1 unspecified atom stereocenters. The first kappa shape index (κ1) is 22.2. The molecule has 0 aliphatic rings. The maximum Gasteiger partial charge on any atom is 0.255 e. The summed E-state index contributed by atoms with van der Waals surface area (Å²) in [6, 6.07) is 19.1. The van der Waals surface area contributed by atoms with Crippen molar-refractivity contribution in [2.24, 2.45) is 0 Å². The summed E-state index contributed by atoms with van der Waals surface area (Å²) in [5.41, 5.74) is 4.00. The zero-order valence-corrected chi connectivity index (χ0v) is 17.9. The van der Waals surface area contributed by atoms with Crippen LogP contribution in [-0.2, 0) is 13.0 Å². The number of rotatable bonds is 6. The molecule has 0 radical (unpaired) electrons. The number of amides is 1. The van der Waals surface area contributed by atoms with Gasteiger partial charge in [-0.25, -0.2) is 0 Å². The van der Waals surface area contributed by atoms with Gasteiger partial charge in [0, 0.05) is 28.2 Å². The van der Waals surface area contributed by atoms with Gasteiger partial charge in [0.05, 0.1) is 24.8 Å². The molecule has 4 aromatic rings. The van der Waals surface area contributed by atoms with E-state index in [1.165, 1.54) is 12.1 Å². The highest BCUT2D eigenvalue weighted by Gasteiger charge is 2.18. The van der Waals surface area contributed by atoms with E-state index < -0.39 is 11.9 Å². The fourth-order valence-corrected chi connectivity index (χ4v) is 3.71. The quantitative estimate of drug-likeness (QED) is 0.297. The Morgan fingerprint density at radius 1 is 0.970 bits per heavy atom. The SMILES string of the molecule is O=C(NC(CO)Cc1c[nH]c2ccccc12)c1cc(C#Cc2ccccc2CO)ccc1O. The third-order valence-corrected chi connectivity index (χ3v) is 5.47. The fraction of sp³-hybridized carbons (Fsp3) is 0.148. The van der Waals surface area contributed by atoms with Crippen molar-refractivity contribution in [2.75, 3.05) is 6.61 Å². The van der Waals surface area contributed by atoms with Crippen LogP contribution in [0, 0.1) is 11.8 Å². The van der Waals surface area contributed by atoms with Crippen molar-refractivity contribution < 1.29 is 20.1 Å². The van der Waals surface area contributed by atoms with Gasteiger partial charge in [0.15, 0.2) is 0 Å². The van der Waals surface area contributed by atoms with Gasteiger partial charge in [0.2, 0.25) is 0 Å². The zero-order valence-electron chi connectivity index (χ0n) is 17.9. The lowest BCUT2D eigenvalue weighted by molar-refractivity contribution is 0.0914. The molecule has 3 aromatic carbocycles. The number of aliphatic hydroxyl groups is 2. The smallest absolute Gasteiger partial charge is 0.255 e. The number of fused-ring (bicyclic) bond motifs is 1. The van der Waals surface area contributed by atoms with E-state index in [9.17, 15) is 20.1 Å². The van der Waals surface area contributed by atoms with Gasteiger partial charge in [-0.2, -0.15) is 0 Å². The largest absolute Gasteiger partial charge is 0.507 e. The summed E-state index contributed by atoms with van der Waals surface area (Å²) in [5, 5.41) is 33.4. The van der Waals surface area contributed by atoms with E-state index >= 15 is 0 Å². The monoisotopic (exact) mass is 440 g/mol. The number of nitrogens with one attached hydrogen (secondary N) is 2. The molecule has 6 nitrogen and oxygen atoms in total. The number of phenolic OH excluding ortho intramolecular Hbond substituents is 1. The van der Waals surface area contributed by atoms with Crippen LogP contribution in [0.4, 0.5) is 0 Å². The van der Waals surface area contributed by atoms with Crippen LogP contribution in [0.25, 0.3) is 10.9 Å². The van der Waals surface area contributed by atoms with Crippen LogP contribution in [0.5, 0.6) is 5.75 Å². The van der Waals surface area contributed by atoms with Crippen LogP contribution in [-0.4, -0.2) is 38.9 Å². The van der Waals surface area contributed by atoms with Gasteiger partial charge in [-0.1, -0.05) is 48.2 Å². The van der Waals surface area contributed by atoms with E-state index in [2.05, 4.69) is 22.1 Å². The predicted molar refractivity (Wildman–Crippen MR) is 127 cm³/mol. The Balaban J connectivity index is 1.52. The average molecular weight is 440 g/mol. The van der Waals surface area contributed by atoms with Crippen molar-refractivity contribution in [3.05, 3.63) is 101 Å². The van der Waals surface area contributed by atoms with Crippen LogP contribution < -0.4 is 5.32 Å². The number of hydrogen-bond donors (Lipinski definition) is 5. The van der Waals surface area contributed by atoms with Crippen LogP contribution in [0.15, 0.2) is 72.9 Å². The number of aromatic hydroxyl groups is 1. The number of phenols is 1. The maximum absolute atomic E-state index is 12.9. The molecule has 0 aliphatic heterocycles. The molecule has 33 heavy (non-hydrogen) atoms. The lowest BCUT2D eigenvalue weighted by atomic mass is 10.0. The third kappa shape index (κ3) is 5.07. The number of carbonyl (C=O) groups is 1. The van der Waals surface area contributed by atoms with Crippen LogP contribution in [0.3, 0.4) is 0 Å². The molecule has 1 heterocycles. The van der Waals surface area contributed by atoms with E-state index in [1.807, 2.05) is 48.7 Å². The highest BCUT2D eigenvalue weighted by molar-refractivity contribution is 5.97.